The number of furan rings is 1. The van der Waals surface area contributed by atoms with Crippen LogP contribution in [-0.4, -0.2) is 23.9 Å². The van der Waals surface area contributed by atoms with Crippen molar-refractivity contribution in [1.29, 1.82) is 0 Å². The SMILES string of the molecule is Cc1oc(CN2CCCC(C)(C)CC2)cc1C(=O)NN. The van der Waals surface area contributed by atoms with Crippen molar-refractivity contribution in [3.63, 3.8) is 0 Å². The molecule has 5 heteroatoms. The highest BCUT2D eigenvalue weighted by Gasteiger charge is 2.24. The molecule has 20 heavy (non-hydrogen) atoms. The molecule has 1 aromatic heterocycles. The van der Waals surface area contributed by atoms with Gasteiger partial charge in [0, 0.05) is 0 Å². The van der Waals surface area contributed by atoms with Crippen molar-refractivity contribution in [2.45, 2.75) is 46.6 Å². The summed E-state index contributed by atoms with van der Waals surface area (Å²) in [5.74, 6) is 6.33. The van der Waals surface area contributed by atoms with Crippen LogP contribution < -0.4 is 11.3 Å². The van der Waals surface area contributed by atoms with E-state index in [1.165, 1.54) is 19.3 Å². The summed E-state index contributed by atoms with van der Waals surface area (Å²) in [4.78, 5) is 14.0. The summed E-state index contributed by atoms with van der Waals surface area (Å²) in [6.07, 6.45) is 3.67. The minimum absolute atomic E-state index is 0.297. The summed E-state index contributed by atoms with van der Waals surface area (Å²) in [5.41, 5.74) is 3.10. The normalized spacial score (nSPS) is 19.6. The molecular formula is C15H25N3O2. The molecule has 5 nitrogen and oxygen atoms in total. The molecule has 1 aliphatic rings. The molecule has 1 fully saturated rings. The number of nitrogen functional groups attached to an aromatic ring is 1. The van der Waals surface area contributed by atoms with E-state index in [4.69, 9.17) is 10.3 Å². The Morgan fingerprint density at radius 1 is 1.45 bits per heavy atom. The van der Waals surface area contributed by atoms with Gasteiger partial charge in [-0.15, -0.1) is 0 Å². The molecule has 1 saturated heterocycles. The standard InChI is InChI=1S/C15H25N3O2/c1-11-13(14(19)17-16)9-12(20-11)10-18-7-4-5-15(2,3)6-8-18/h9H,4-8,10,16H2,1-3H3,(H,17,19). The Morgan fingerprint density at radius 2 is 2.20 bits per heavy atom. The molecule has 3 N–H and O–H groups in total. The van der Waals surface area contributed by atoms with Crippen molar-refractivity contribution in [2.75, 3.05) is 13.1 Å². The molecule has 112 valence electrons. The molecule has 1 aromatic rings. The number of nitrogens with one attached hydrogen (secondary N) is 1. The molecule has 0 bridgehead atoms. The van der Waals surface area contributed by atoms with Gasteiger partial charge in [0.2, 0.25) is 0 Å². The molecule has 2 rings (SSSR count). The third-order valence-electron chi connectivity index (χ3n) is 4.16. The number of rotatable bonds is 3. The highest BCUT2D eigenvalue weighted by Crippen LogP contribution is 2.30. The molecule has 0 radical (unpaired) electrons. The van der Waals surface area contributed by atoms with Gasteiger partial charge in [0.1, 0.15) is 11.5 Å². The van der Waals surface area contributed by atoms with Gasteiger partial charge in [-0.3, -0.25) is 15.1 Å². The van der Waals surface area contributed by atoms with E-state index < -0.39 is 0 Å². The van der Waals surface area contributed by atoms with Gasteiger partial charge in [0.15, 0.2) is 0 Å². The number of hydrogen-bond acceptors (Lipinski definition) is 4. The van der Waals surface area contributed by atoms with Gasteiger partial charge >= 0.3 is 0 Å². The number of amides is 1. The lowest BCUT2D eigenvalue weighted by molar-refractivity contribution is 0.0952. The molecule has 0 spiro atoms. The Morgan fingerprint density at radius 3 is 2.90 bits per heavy atom. The molecular weight excluding hydrogens is 254 g/mol. The Kier molecular flexibility index (Phi) is 4.50. The zero-order valence-corrected chi connectivity index (χ0v) is 12.7. The van der Waals surface area contributed by atoms with Crippen LogP contribution in [0.3, 0.4) is 0 Å². The van der Waals surface area contributed by atoms with E-state index in [1.54, 1.807) is 13.0 Å². The predicted molar refractivity (Wildman–Crippen MR) is 78.0 cm³/mol. The Balaban J connectivity index is 2.01. The first-order valence-corrected chi connectivity index (χ1v) is 7.24. The van der Waals surface area contributed by atoms with Gasteiger partial charge in [-0.2, -0.15) is 0 Å². The van der Waals surface area contributed by atoms with Gasteiger partial charge in [0.25, 0.3) is 5.91 Å². The maximum absolute atomic E-state index is 11.6. The van der Waals surface area contributed by atoms with Crippen LogP contribution in [0.15, 0.2) is 10.5 Å². The number of likely N-dealkylation sites (tertiary alicyclic amines) is 1. The minimum Gasteiger partial charge on any atom is -0.464 e. The summed E-state index contributed by atoms with van der Waals surface area (Å²) >= 11 is 0. The first-order chi connectivity index (χ1) is 9.41. The Bertz CT molecular complexity index is 479. The van der Waals surface area contributed by atoms with E-state index in [-0.39, 0.29) is 5.91 Å². The average molecular weight is 279 g/mol. The van der Waals surface area contributed by atoms with E-state index in [0.717, 1.165) is 25.4 Å². The lowest BCUT2D eigenvalue weighted by Gasteiger charge is -2.22. The fourth-order valence-corrected chi connectivity index (χ4v) is 2.78. The van der Waals surface area contributed by atoms with Crippen molar-refractivity contribution in [1.82, 2.24) is 10.3 Å². The zero-order chi connectivity index (χ0) is 14.8. The number of carbonyl (C=O) groups is 1. The topological polar surface area (TPSA) is 71.5 Å². The molecule has 0 aliphatic carbocycles. The number of carbonyl (C=O) groups excluding carboxylic acids is 1. The third kappa shape index (κ3) is 3.61. The summed E-state index contributed by atoms with van der Waals surface area (Å²) in [5, 5.41) is 0. The van der Waals surface area contributed by atoms with Gasteiger partial charge in [-0.05, 0) is 50.8 Å². The first kappa shape index (κ1) is 15.1. The average Bonchev–Trinajstić information content (AvgIpc) is 2.66. The van der Waals surface area contributed by atoms with E-state index in [2.05, 4.69) is 24.2 Å². The van der Waals surface area contributed by atoms with Crippen molar-refractivity contribution < 1.29 is 9.21 Å². The molecule has 0 aromatic carbocycles. The zero-order valence-electron chi connectivity index (χ0n) is 12.7. The number of aryl methyl sites for hydroxylation is 1. The van der Waals surface area contributed by atoms with Gasteiger partial charge < -0.3 is 4.42 Å². The maximum Gasteiger partial charge on any atom is 0.268 e. The molecule has 0 saturated carbocycles. The predicted octanol–water partition coefficient (Wildman–Crippen LogP) is 2.20. The van der Waals surface area contributed by atoms with E-state index in [9.17, 15) is 4.79 Å². The molecule has 0 atom stereocenters. The van der Waals surface area contributed by atoms with Crippen molar-refractivity contribution in [2.24, 2.45) is 11.3 Å². The second-order valence-electron chi connectivity index (χ2n) is 6.45. The van der Waals surface area contributed by atoms with Crippen molar-refractivity contribution in [3.8, 4) is 0 Å². The van der Waals surface area contributed by atoms with Crippen LogP contribution in [0.5, 0.6) is 0 Å². The fourth-order valence-electron chi connectivity index (χ4n) is 2.78. The van der Waals surface area contributed by atoms with Crippen LogP contribution in [0.4, 0.5) is 0 Å². The summed E-state index contributed by atoms with van der Waals surface area (Å²) < 4.78 is 5.68. The van der Waals surface area contributed by atoms with Crippen LogP contribution in [0, 0.1) is 12.3 Å². The van der Waals surface area contributed by atoms with Gasteiger partial charge in [-0.1, -0.05) is 13.8 Å². The second-order valence-corrected chi connectivity index (χ2v) is 6.45. The maximum atomic E-state index is 11.6. The van der Waals surface area contributed by atoms with Crippen LogP contribution in [0.25, 0.3) is 0 Å². The smallest absolute Gasteiger partial charge is 0.268 e. The molecule has 0 unspecified atom stereocenters. The number of hydrogen-bond donors (Lipinski definition) is 2. The van der Waals surface area contributed by atoms with E-state index in [1.807, 2.05) is 0 Å². The largest absolute Gasteiger partial charge is 0.464 e. The van der Waals surface area contributed by atoms with Crippen LogP contribution in [0.1, 0.15) is 55.0 Å². The van der Waals surface area contributed by atoms with Gasteiger partial charge in [0.05, 0.1) is 12.1 Å². The van der Waals surface area contributed by atoms with Gasteiger partial charge in [-0.25, -0.2) is 5.84 Å². The van der Waals surface area contributed by atoms with E-state index in [0.29, 0.717) is 16.7 Å². The first-order valence-electron chi connectivity index (χ1n) is 7.24. The second kappa shape index (κ2) is 5.97. The van der Waals surface area contributed by atoms with Crippen LogP contribution >= 0.6 is 0 Å². The van der Waals surface area contributed by atoms with Crippen molar-refractivity contribution >= 4 is 5.91 Å². The van der Waals surface area contributed by atoms with Crippen LogP contribution in [0.2, 0.25) is 0 Å². The number of nitrogens with zero attached hydrogens (tertiary/aromatic N) is 1. The summed E-state index contributed by atoms with van der Waals surface area (Å²) in [6, 6.07) is 1.80. The van der Waals surface area contributed by atoms with Crippen molar-refractivity contribution in [3.05, 3.63) is 23.2 Å². The summed E-state index contributed by atoms with van der Waals surface area (Å²) in [6.45, 7) is 9.37. The highest BCUT2D eigenvalue weighted by atomic mass is 16.3. The summed E-state index contributed by atoms with van der Waals surface area (Å²) in [7, 11) is 0. The monoisotopic (exact) mass is 279 g/mol. The minimum atomic E-state index is -0.297. The van der Waals surface area contributed by atoms with Crippen LogP contribution in [-0.2, 0) is 6.54 Å². The molecule has 2 heterocycles. The number of nitrogens with two attached hydrogens (primary N) is 1. The Labute approximate surface area is 120 Å². The number of hydrazine groups is 1. The molecule has 1 amide bonds. The fraction of sp³-hybridized carbons (Fsp3) is 0.667. The lowest BCUT2D eigenvalue weighted by Crippen LogP contribution is -2.30. The quantitative estimate of drug-likeness (QED) is 0.505. The third-order valence-corrected chi connectivity index (χ3v) is 4.16. The molecule has 1 aliphatic heterocycles. The van der Waals surface area contributed by atoms with E-state index >= 15 is 0 Å². The highest BCUT2D eigenvalue weighted by molar-refractivity contribution is 5.94. The lowest BCUT2D eigenvalue weighted by atomic mass is 9.85. The Hall–Kier alpha value is -1.33.